The van der Waals surface area contributed by atoms with E-state index in [1.807, 2.05) is 0 Å². The predicted octanol–water partition coefficient (Wildman–Crippen LogP) is 0.310. The summed E-state index contributed by atoms with van der Waals surface area (Å²) < 4.78 is 4.93. The van der Waals surface area contributed by atoms with Crippen molar-refractivity contribution in [1.82, 2.24) is 0 Å². The minimum Gasteiger partial charge on any atom is -0.388 e. The molecule has 0 bridgehead atoms. The second kappa shape index (κ2) is 12.4. The number of hydrogen-bond acceptors (Lipinski definition) is 5. The minimum atomic E-state index is -0.627. The van der Waals surface area contributed by atoms with Gasteiger partial charge in [0.15, 0.2) is 0 Å². The molecular formula is C14H17NO4. The minimum absolute atomic E-state index is 0.177. The van der Waals surface area contributed by atoms with Crippen LogP contribution in [0.2, 0.25) is 0 Å². The van der Waals surface area contributed by atoms with Crippen LogP contribution in [-0.4, -0.2) is 30.4 Å². The molecule has 19 heavy (non-hydrogen) atoms. The van der Waals surface area contributed by atoms with Crippen molar-refractivity contribution in [2.24, 2.45) is 5.90 Å². The van der Waals surface area contributed by atoms with Gasteiger partial charge in [-0.1, -0.05) is 30.1 Å². The molecule has 0 aliphatic carbocycles. The Kier molecular flexibility index (Phi) is 11.1. The van der Waals surface area contributed by atoms with E-state index in [0.29, 0.717) is 19.4 Å². The lowest BCUT2D eigenvalue weighted by Gasteiger charge is -1.97. The van der Waals surface area contributed by atoms with E-state index in [2.05, 4.69) is 28.5 Å². The molecule has 3 N–H and O–H groups in total. The molecule has 1 unspecified atom stereocenters. The molecule has 0 saturated carbocycles. The maximum absolute atomic E-state index is 10.6. The number of terminal acetylenes is 1. The van der Waals surface area contributed by atoms with Gasteiger partial charge >= 0.3 is 5.97 Å². The third kappa shape index (κ3) is 12.2. The molecule has 1 atom stereocenters. The van der Waals surface area contributed by atoms with E-state index in [-0.39, 0.29) is 6.61 Å². The van der Waals surface area contributed by atoms with Crippen molar-refractivity contribution in [2.45, 2.75) is 18.9 Å². The number of rotatable bonds is 7. The summed E-state index contributed by atoms with van der Waals surface area (Å²) >= 11 is 0. The zero-order valence-corrected chi connectivity index (χ0v) is 10.5. The second-order valence-electron chi connectivity index (χ2n) is 3.33. The van der Waals surface area contributed by atoms with Crippen LogP contribution in [0.5, 0.6) is 0 Å². The molecule has 0 aromatic heterocycles. The fourth-order valence-electron chi connectivity index (χ4n) is 0.929. The van der Waals surface area contributed by atoms with E-state index in [9.17, 15) is 9.90 Å². The maximum Gasteiger partial charge on any atom is 0.350 e. The summed E-state index contributed by atoms with van der Waals surface area (Å²) in [5, 5.41) is 9.25. The van der Waals surface area contributed by atoms with Gasteiger partial charge in [0.2, 0.25) is 0 Å². The Hall–Kier alpha value is -2.05. The van der Waals surface area contributed by atoms with Crippen LogP contribution in [0.1, 0.15) is 12.8 Å². The molecule has 0 radical (unpaired) electrons. The van der Waals surface area contributed by atoms with Gasteiger partial charge in [0, 0.05) is 12.8 Å². The predicted molar refractivity (Wildman–Crippen MR) is 71.2 cm³/mol. The monoisotopic (exact) mass is 263 g/mol. The Morgan fingerprint density at radius 2 is 2.26 bits per heavy atom. The van der Waals surface area contributed by atoms with Crippen LogP contribution in [0.25, 0.3) is 0 Å². The average molecular weight is 263 g/mol. The van der Waals surface area contributed by atoms with Crippen molar-refractivity contribution in [3.05, 3.63) is 24.3 Å². The highest BCUT2D eigenvalue weighted by atomic mass is 16.7. The molecule has 0 rings (SSSR count). The van der Waals surface area contributed by atoms with E-state index < -0.39 is 12.1 Å². The molecule has 0 aromatic rings. The number of ether oxygens (including phenoxy) is 1. The normalized spacial score (nSPS) is 11.8. The van der Waals surface area contributed by atoms with E-state index in [4.69, 9.17) is 11.2 Å². The Morgan fingerprint density at radius 3 is 2.95 bits per heavy atom. The SMILES string of the molecule is C#CCC(O)C=CC=CC#CCCOCC(=O)ON. The highest BCUT2D eigenvalue weighted by molar-refractivity contribution is 5.70. The topological polar surface area (TPSA) is 81.8 Å². The molecule has 0 aromatic carbocycles. The van der Waals surface area contributed by atoms with Gasteiger partial charge < -0.3 is 14.7 Å². The highest BCUT2D eigenvalue weighted by Gasteiger charge is 1.98. The molecule has 0 saturated heterocycles. The molecule has 5 nitrogen and oxygen atoms in total. The summed E-state index contributed by atoms with van der Waals surface area (Å²) in [4.78, 5) is 14.5. The van der Waals surface area contributed by atoms with E-state index >= 15 is 0 Å². The summed E-state index contributed by atoms with van der Waals surface area (Å²) in [5.41, 5.74) is 0. The molecule has 0 amide bonds. The van der Waals surface area contributed by atoms with Gasteiger partial charge in [0.05, 0.1) is 12.7 Å². The number of carbonyl (C=O) groups excluding carboxylic acids is 1. The zero-order chi connectivity index (χ0) is 14.3. The largest absolute Gasteiger partial charge is 0.388 e. The standard InChI is InChI=1S/C14H17NO4/c1-2-9-13(16)10-7-5-3-4-6-8-11-18-12-14(17)19-15/h1,3,5,7,10,13,16H,8-9,11-12,15H2. The Balaban J connectivity index is 3.64. The lowest BCUT2D eigenvalue weighted by Crippen LogP contribution is -2.16. The van der Waals surface area contributed by atoms with Crippen LogP contribution in [0.3, 0.4) is 0 Å². The number of aliphatic hydroxyl groups excluding tert-OH is 1. The number of aliphatic hydroxyl groups is 1. The van der Waals surface area contributed by atoms with Crippen molar-refractivity contribution in [3.63, 3.8) is 0 Å². The first-order valence-electron chi connectivity index (χ1n) is 5.61. The number of nitrogens with two attached hydrogens (primary N) is 1. The van der Waals surface area contributed by atoms with Gasteiger partial charge in [-0.15, -0.1) is 12.3 Å². The second-order valence-corrected chi connectivity index (χ2v) is 3.33. The van der Waals surface area contributed by atoms with Crippen molar-refractivity contribution in [1.29, 1.82) is 0 Å². The molecule has 0 aliphatic heterocycles. The van der Waals surface area contributed by atoms with Crippen LogP contribution in [0.4, 0.5) is 0 Å². The van der Waals surface area contributed by atoms with Crippen LogP contribution in [0, 0.1) is 24.2 Å². The molecule has 0 heterocycles. The van der Waals surface area contributed by atoms with Gasteiger partial charge in [-0.2, -0.15) is 5.90 Å². The van der Waals surface area contributed by atoms with Crippen molar-refractivity contribution in [3.8, 4) is 24.2 Å². The maximum atomic E-state index is 10.6. The van der Waals surface area contributed by atoms with Crippen LogP contribution in [-0.2, 0) is 14.4 Å². The quantitative estimate of drug-likeness (QED) is 0.299. The van der Waals surface area contributed by atoms with Crippen LogP contribution >= 0.6 is 0 Å². The first-order valence-corrected chi connectivity index (χ1v) is 5.61. The van der Waals surface area contributed by atoms with Gasteiger partial charge in [-0.25, -0.2) is 4.79 Å². The fraction of sp³-hybridized carbons (Fsp3) is 0.357. The summed E-state index contributed by atoms with van der Waals surface area (Å²) in [5.74, 6) is 11.9. The Labute approximate surface area is 113 Å². The van der Waals surface area contributed by atoms with Gasteiger partial charge in [-0.3, -0.25) is 0 Å². The van der Waals surface area contributed by atoms with Crippen molar-refractivity contribution < 1.29 is 19.5 Å². The van der Waals surface area contributed by atoms with E-state index in [1.54, 1.807) is 24.3 Å². The molecule has 0 fully saturated rings. The number of allylic oxidation sites excluding steroid dienone is 3. The van der Waals surface area contributed by atoms with Gasteiger partial charge in [0.1, 0.15) is 6.61 Å². The summed E-state index contributed by atoms with van der Waals surface area (Å²) in [6, 6.07) is 0. The zero-order valence-electron chi connectivity index (χ0n) is 10.5. The number of carbonyl (C=O) groups is 1. The van der Waals surface area contributed by atoms with Crippen molar-refractivity contribution in [2.75, 3.05) is 13.2 Å². The Morgan fingerprint density at radius 1 is 1.47 bits per heavy atom. The molecule has 102 valence electrons. The fourth-order valence-corrected chi connectivity index (χ4v) is 0.929. The van der Waals surface area contributed by atoms with Crippen LogP contribution in [0.15, 0.2) is 24.3 Å². The summed E-state index contributed by atoms with van der Waals surface area (Å²) in [6.07, 6.45) is 11.8. The third-order valence-electron chi connectivity index (χ3n) is 1.78. The molecule has 5 heteroatoms. The Bertz CT molecular complexity index is 409. The molecule has 0 spiro atoms. The average Bonchev–Trinajstić information content (AvgIpc) is 2.40. The van der Waals surface area contributed by atoms with Gasteiger partial charge in [0.25, 0.3) is 0 Å². The highest BCUT2D eigenvalue weighted by Crippen LogP contribution is 1.91. The van der Waals surface area contributed by atoms with Crippen LogP contribution < -0.4 is 5.90 Å². The van der Waals surface area contributed by atoms with E-state index in [1.165, 1.54) is 0 Å². The first kappa shape index (κ1) is 16.9. The van der Waals surface area contributed by atoms with Gasteiger partial charge in [-0.05, 0) is 6.08 Å². The number of hydrogen-bond donors (Lipinski definition) is 2. The van der Waals surface area contributed by atoms with E-state index in [0.717, 1.165) is 0 Å². The lowest BCUT2D eigenvalue weighted by atomic mass is 10.2. The molecule has 0 aliphatic rings. The molecular weight excluding hydrogens is 246 g/mol. The summed E-state index contributed by atoms with van der Waals surface area (Å²) in [6.45, 7) is 0.149. The first-order chi connectivity index (χ1) is 9.20. The summed E-state index contributed by atoms with van der Waals surface area (Å²) in [7, 11) is 0. The van der Waals surface area contributed by atoms with Crippen molar-refractivity contribution >= 4 is 5.97 Å². The lowest BCUT2D eigenvalue weighted by molar-refractivity contribution is -0.149. The third-order valence-corrected chi connectivity index (χ3v) is 1.78. The smallest absolute Gasteiger partial charge is 0.350 e.